The molecular formula is C21H26AsF2N4O. The van der Waals surface area contributed by atoms with Crippen LogP contribution in [0.15, 0.2) is 24.3 Å². The number of amides is 1. The second-order valence-electron chi connectivity index (χ2n) is 7.49. The van der Waals surface area contributed by atoms with E-state index in [9.17, 15) is 13.6 Å². The maximum absolute atomic E-state index is 13.3. The van der Waals surface area contributed by atoms with Crippen LogP contribution in [0.5, 0.6) is 0 Å². The summed E-state index contributed by atoms with van der Waals surface area (Å²) in [6, 6.07) is 5.41. The Kier molecular flexibility index (Phi) is 7.22. The summed E-state index contributed by atoms with van der Waals surface area (Å²) < 4.78 is 28.2. The number of anilines is 1. The van der Waals surface area contributed by atoms with Crippen LogP contribution in [0.3, 0.4) is 0 Å². The van der Waals surface area contributed by atoms with Crippen molar-refractivity contribution in [2.75, 3.05) is 19.0 Å². The van der Waals surface area contributed by atoms with Gasteiger partial charge in [0.15, 0.2) is 0 Å². The molecule has 1 aliphatic rings. The van der Waals surface area contributed by atoms with Crippen molar-refractivity contribution in [3.63, 3.8) is 0 Å². The summed E-state index contributed by atoms with van der Waals surface area (Å²) in [5, 5.41) is 2.96. The first-order valence-electron chi connectivity index (χ1n) is 9.87. The molecule has 1 radical (unpaired) electrons. The summed E-state index contributed by atoms with van der Waals surface area (Å²) in [5.74, 6) is -0.458. The van der Waals surface area contributed by atoms with Gasteiger partial charge in [0.05, 0.1) is 0 Å². The molecule has 5 nitrogen and oxygen atoms in total. The van der Waals surface area contributed by atoms with Crippen molar-refractivity contribution < 1.29 is 13.6 Å². The normalized spacial score (nSPS) is 19.5. The fourth-order valence-corrected chi connectivity index (χ4v) is 6.08. The van der Waals surface area contributed by atoms with E-state index in [0.717, 1.165) is 60.4 Å². The first kappa shape index (κ1) is 21.7. The van der Waals surface area contributed by atoms with Gasteiger partial charge in [0, 0.05) is 0 Å². The second-order valence-corrected chi connectivity index (χ2v) is 10.5. The average molecular weight is 463 g/mol. The molecule has 0 bridgehead atoms. The van der Waals surface area contributed by atoms with Crippen molar-refractivity contribution in [2.45, 2.75) is 49.8 Å². The Balaban J connectivity index is 1.55. The van der Waals surface area contributed by atoms with E-state index in [-0.39, 0.29) is 33.3 Å². The zero-order valence-electron chi connectivity index (χ0n) is 17.0. The van der Waals surface area contributed by atoms with Crippen molar-refractivity contribution in [1.82, 2.24) is 15.3 Å². The Labute approximate surface area is 177 Å². The van der Waals surface area contributed by atoms with E-state index in [4.69, 9.17) is 4.98 Å². The number of aryl methyl sites for hydroxylation is 1. The van der Waals surface area contributed by atoms with Gasteiger partial charge in [-0.25, -0.2) is 0 Å². The Morgan fingerprint density at radius 2 is 1.86 bits per heavy atom. The molecular weight excluding hydrogens is 437 g/mol. The van der Waals surface area contributed by atoms with Gasteiger partial charge >= 0.3 is 177 Å². The van der Waals surface area contributed by atoms with Gasteiger partial charge in [0.1, 0.15) is 0 Å². The van der Waals surface area contributed by atoms with Crippen molar-refractivity contribution in [2.24, 2.45) is 0 Å². The topological polar surface area (TPSA) is 58.1 Å². The molecule has 1 aromatic heterocycles. The molecule has 1 heterocycles. The molecule has 29 heavy (non-hydrogen) atoms. The molecule has 1 aromatic carbocycles. The Morgan fingerprint density at radius 1 is 1.14 bits per heavy atom. The summed E-state index contributed by atoms with van der Waals surface area (Å²) >= 11 is -0.0665. The quantitative estimate of drug-likeness (QED) is 0.670. The number of aromatic nitrogens is 2. The van der Waals surface area contributed by atoms with Gasteiger partial charge in [-0.05, 0) is 0 Å². The molecule has 0 unspecified atom stereocenters. The van der Waals surface area contributed by atoms with Gasteiger partial charge in [-0.15, -0.1) is 0 Å². The molecule has 0 spiro atoms. The van der Waals surface area contributed by atoms with E-state index >= 15 is 0 Å². The number of carbonyl (C=O) groups is 1. The summed E-state index contributed by atoms with van der Waals surface area (Å²) in [7, 11) is 3.98. The summed E-state index contributed by atoms with van der Waals surface area (Å²) in [4.78, 5) is 23.6. The molecule has 1 aliphatic carbocycles. The minimum atomic E-state index is -1.00. The van der Waals surface area contributed by atoms with Crippen molar-refractivity contribution in [3.05, 3.63) is 47.3 Å². The number of hydrogen-bond donors (Lipinski definition) is 1. The molecule has 1 amide bonds. The van der Waals surface area contributed by atoms with Crippen LogP contribution in [0.25, 0.3) is 0 Å². The number of hydrogen-bond acceptors (Lipinski definition) is 4. The van der Waals surface area contributed by atoms with Crippen LogP contribution in [0.1, 0.15) is 48.8 Å². The number of nitrogens with one attached hydrogen (secondary N) is 1. The molecule has 3 rings (SSSR count). The third-order valence-corrected chi connectivity index (χ3v) is 7.93. The average Bonchev–Trinajstić information content (AvgIpc) is 2.71. The summed E-state index contributed by atoms with van der Waals surface area (Å²) in [5.41, 5.74) is 0.154. The maximum atomic E-state index is 13.3. The van der Waals surface area contributed by atoms with Crippen molar-refractivity contribution in [3.8, 4) is 0 Å². The van der Waals surface area contributed by atoms with Gasteiger partial charge in [0.25, 0.3) is 0 Å². The van der Waals surface area contributed by atoms with Gasteiger partial charge in [-0.1, -0.05) is 0 Å². The van der Waals surface area contributed by atoms with Crippen LogP contribution in [0.2, 0.25) is 4.71 Å². The van der Waals surface area contributed by atoms with Crippen molar-refractivity contribution >= 4 is 32.0 Å². The molecule has 1 fully saturated rings. The Morgan fingerprint density at radius 3 is 2.48 bits per heavy atom. The molecule has 1 saturated carbocycles. The zero-order chi connectivity index (χ0) is 21.0. The molecule has 8 heteroatoms. The first-order chi connectivity index (χ1) is 13.9. The SMILES string of the molecule is CCc1nc([As]C2CCC(NC(=O)c3ccc(F)c(F)c3)CC2)cc(N(C)C)n1. The predicted octanol–water partition coefficient (Wildman–Crippen LogP) is 2.87. The van der Waals surface area contributed by atoms with Crippen LogP contribution in [-0.2, 0) is 6.42 Å². The van der Waals surface area contributed by atoms with Crippen LogP contribution in [0, 0.1) is 11.6 Å². The number of halogens is 2. The number of benzene rings is 1. The monoisotopic (exact) mass is 463 g/mol. The van der Waals surface area contributed by atoms with Crippen LogP contribution in [0.4, 0.5) is 14.6 Å². The third kappa shape index (κ3) is 5.75. The fourth-order valence-electron chi connectivity index (χ4n) is 3.37. The molecule has 1 N–H and O–H groups in total. The zero-order valence-corrected chi connectivity index (χ0v) is 18.8. The molecule has 0 aliphatic heterocycles. The second kappa shape index (κ2) is 9.66. The predicted molar refractivity (Wildman–Crippen MR) is 111 cm³/mol. The van der Waals surface area contributed by atoms with E-state index in [1.165, 1.54) is 6.07 Å². The van der Waals surface area contributed by atoms with Crippen LogP contribution >= 0.6 is 0 Å². The molecule has 155 valence electrons. The molecule has 0 atom stereocenters. The van der Waals surface area contributed by atoms with Crippen LogP contribution in [-0.4, -0.2) is 51.8 Å². The number of carbonyl (C=O) groups excluding carboxylic acids is 1. The minimum absolute atomic E-state index is 0.0665. The number of nitrogens with zero attached hydrogens (tertiary/aromatic N) is 3. The van der Waals surface area contributed by atoms with E-state index < -0.39 is 11.6 Å². The van der Waals surface area contributed by atoms with Crippen LogP contribution < -0.4 is 14.7 Å². The van der Waals surface area contributed by atoms with Crippen molar-refractivity contribution in [1.29, 1.82) is 0 Å². The number of rotatable bonds is 6. The molecule has 2 aromatic rings. The molecule has 0 saturated heterocycles. The Hall–Kier alpha value is -2.01. The van der Waals surface area contributed by atoms with E-state index in [2.05, 4.69) is 23.3 Å². The summed E-state index contributed by atoms with van der Waals surface area (Å²) in [6.45, 7) is 2.07. The Bertz CT molecular complexity index is 870. The third-order valence-electron chi connectivity index (χ3n) is 5.05. The van der Waals surface area contributed by atoms with E-state index in [1.54, 1.807) is 0 Å². The first-order valence-corrected chi connectivity index (χ1v) is 11.9. The van der Waals surface area contributed by atoms with Gasteiger partial charge in [0.2, 0.25) is 0 Å². The van der Waals surface area contributed by atoms with Gasteiger partial charge < -0.3 is 0 Å². The van der Waals surface area contributed by atoms with Gasteiger partial charge in [-0.2, -0.15) is 0 Å². The fraction of sp³-hybridized carbons (Fsp3) is 0.476. The standard InChI is InChI=1S/C21H26AsF2N4O/c1-4-19-26-18(12-20(27-19)28(2)3)22-14-6-8-15(9-7-14)25-21(29)13-5-10-16(23)17(24)11-13/h5,10-12,14-15H,4,6-9H2,1-3H3,(H,25,29). The summed E-state index contributed by atoms with van der Waals surface area (Å²) in [6.07, 6.45) is 4.67. The van der Waals surface area contributed by atoms with E-state index in [0.29, 0.717) is 4.71 Å². The van der Waals surface area contributed by atoms with E-state index in [1.807, 2.05) is 19.0 Å². The van der Waals surface area contributed by atoms with Gasteiger partial charge in [-0.3, -0.25) is 0 Å².